The Labute approximate surface area is 82.2 Å². The van der Waals surface area contributed by atoms with Crippen molar-refractivity contribution in [1.29, 1.82) is 0 Å². The Kier molecular flexibility index (Phi) is 3.21. The van der Waals surface area contributed by atoms with E-state index in [1.807, 2.05) is 0 Å². The molecule has 0 saturated carbocycles. The van der Waals surface area contributed by atoms with Gasteiger partial charge in [0.15, 0.2) is 0 Å². The highest BCUT2D eigenvalue weighted by molar-refractivity contribution is 9.10. The predicted molar refractivity (Wildman–Crippen MR) is 44.6 cm³/mol. The number of carbonyl (C=O) groups is 1. The summed E-state index contributed by atoms with van der Waals surface area (Å²) in [6, 6.07) is 0. The van der Waals surface area contributed by atoms with Crippen LogP contribution in [0.1, 0.15) is 12.8 Å². The maximum Gasteiger partial charge on any atom is 0.406 e. The number of likely N-dealkylation sites (tertiary alicyclic amines) is 1. The molecule has 0 radical (unpaired) electrons. The second-order valence-electron chi connectivity index (χ2n) is 2.98. The molecule has 1 heterocycles. The monoisotopic (exact) mass is 259 g/mol. The lowest BCUT2D eigenvalue weighted by Crippen LogP contribution is -2.46. The van der Waals surface area contributed by atoms with Crippen LogP contribution in [-0.2, 0) is 4.79 Å². The van der Waals surface area contributed by atoms with Crippen molar-refractivity contribution in [2.75, 3.05) is 13.1 Å². The van der Waals surface area contributed by atoms with Gasteiger partial charge >= 0.3 is 6.18 Å². The fourth-order valence-corrected chi connectivity index (χ4v) is 1.88. The van der Waals surface area contributed by atoms with Gasteiger partial charge in [0.05, 0.1) is 4.83 Å². The molecule has 0 bridgehead atoms. The molecule has 2 nitrogen and oxygen atoms in total. The lowest BCUT2D eigenvalue weighted by atomic mass is 10.1. The first-order valence-electron chi connectivity index (χ1n) is 3.90. The standard InChI is InChI=1S/C7H9BrF3NO/c8-5-2-1-3-12(6(5)13)4-7(9,10)11/h5H,1-4H2. The quantitative estimate of drug-likeness (QED) is 0.660. The summed E-state index contributed by atoms with van der Waals surface area (Å²) in [4.78, 5) is 11.6. The second-order valence-corrected chi connectivity index (χ2v) is 4.09. The molecule has 0 aromatic heterocycles. The highest BCUT2D eigenvalue weighted by atomic mass is 79.9. The van der Waals surface area contributed by atoms with Crippen LogP contribution in [-0.4, -0.2) is 34.9 Å². The van der Waals surface area contributed by atoms with E-state index in [0.717, 1.165) is 4.90 Å². The van der Waals surface area contributed by atoms with E-state index in [2.05, 4.69) is 15.9 Å². The Morgan fingerprint density at radius 3 is 2.69 bits per heavy atom. The summed E-state index contributed by atoms with van der Waals surface area (Å²) in [7, 11) is 0. The number of amides is 1. The van der Waals surface area contributed by atoms with Crippen molar-refractivity contribution in [2.24, 2.45) is 0 Å². The molecule has 0 aromatic carbocycles. The van der Waals surface area contributed by atoms with Crippen LogP contribution in [0.15, 0.2) is 0 Å². The number of nitrogens with zero attached hydrogens (tertiary/aromatic N) is 1. The normalized spacial score (nSPS) is 25.1. The van der Waals surface area contributed by atoms with Gasteiger partial charge in [-0.3, -0.25) is 4.79 Å². The maximum absolute atomic E-state index is 11.9. The molecule has 1 fully saturated rings. The minimum Gasteiger partial charge on any atom is -0.333 e. The molecular formula is C7H9BrF3NO. The molecule has 1 aliphatic heterocycles. The van der Waals surface area contributed by atoms with E-state index in [9.17, 15) is 18.0 Å². The van der Waals surface area contributed by atoms with E-state index in [0.29, 0.717) is 12.8 Å². The fourth-order valence-electron chi connectivity index (χ4n) is 1.27. The molecular weight excluding hydrogens is 251 g/mol. The number of halogens is 4. The average Bonchev–Trinajstić information content (AvgIpc) is 1.96. The van der Waals surface area contributed by atoms with Crippen molar-refractivity contribution >= 4 is 21.8 Å². The van der Waals surface area contributed by atoms with E-state index < -0.39 is 23.5 Å². The van der Waals surface area contributed by atoms with E-state index in [-0.39, 0.29) is 6.54 Å². The van der Waals surface area contributed by atoms with Crippen LogP contribution in [0.2, 0.25) is 0 Å². The Morgan fingerprint density at radius 1 is 1.54 bits per heavy atom. The molecule has 1 aliphatic rings. The first-order chi connectivity index (χ1) is 5.90. The smallest absolute Gasteiger partial charge is 0.333 e. The van der Waals surface area contributed by atoms with Crippen molar-refractivity contribution < 1.29 is 18.0 Å². The van der Waals surface area contributed by atoms with Crippen LogP contribution < -0.4 is 0 Å². The van der Waals surface area contributed by atoms with Crippen LogP contribution in [0.4, 0.5) is 13.2 Å². The van der Waals surface area contributed by atoms with E-state index in [1.54, 1.807) is 0 Å². The van der Waals surface area contributed by atoms with E-state index >= 15 is 0 Å². The zero-order valence-corrected chi connectivity index (χ0v) is 8.36. The average molecular weight is 260 g/mol. The number of alkyl halides is 4. The van der Waals surface area contributed by atoms with Crippen molar-refractivity contribution in [2.45, 2.75) is 23.8 Å². The van der Waals surface area contributed by atoms with Gasteiger partial charge in [0.2, 0.25) is 5.91 Å². The van der Waals surface area contributed by atoms with Crippen molar-refractivity contribution in [3.8, 4) is 0 Å². The summed E-state index contributed by atoms with van der Waals surface area (Å²) in [5.74, 6) is -0.455. The first kappa shape index (κ1) is 10.8. The van der Waals surface area contributed by atoms with Gasteiger partial charge in [-0.05, 0) is 12.8 Å². The number of carbonyl (C=O) groups excluding carboxylic acids is 1. The van der Waals surface area contributed by atoms with Crippen molar-refractivity contribution in [3.05, 3.63) is 0 Å². The fraction of sp³-hybridized carbons (Fsp3) is 0.857. The minimum atomic E-state index is -4.29. The molecule has 13 heavy (non-hydrogen) atoms. The van der Waals surface area contributed by atoms with Gasteiger partial charge in [0.1, 0.15) is 6.54 Å². The minimum absolute atomic E-state index is 0.209. The summed E-state index contributed by atoms with van der Waals surface area (Å²) in [5.41, 5.74) is 0. The molecule has 0 spiro atoms. The Bertz CT molecular complexity index is 206. The molecule has 6 heteroatoms. The molecule has 1 saturated heterocycles. The summed E-state index contributed by atoms with van der Waals surface area (Å²) in [5, 5.41) is 0. The number of rotatable bonds is 1. The maximum atomic E-state index is 11.9. The second kappa shape index (κ2) is 3.86. The molecule has 0 aliphatic carbocycles. The van der Waals surface area contributed by atoms with Gasteiger partial charge in [0, 0.05) is 6.54 Å². The topological polar surface area (TPSA) is 20.3 Å². The summed E-state index contributed by atoms with van der Waals surface area (Å²) in [6.45, 7) is -0.922. The predicted octanol–water partition coefficient (Wildman–Crippen LogP) is 1.93. The van der Waals surface area contributed by atoms with Crippen LogP contribution in [0.5, 0.6) is 0 Å². The first-order valence-corrected chi connectivity index (χ1v) is 4.81. The zero-order valence-electron chi connectivity index (χ0n) is 6.77. The SMILES string of the molecule is O=C1C(Br)CCCN1CC(F)(F)F. The largest absolute Gasteiger partial charge is 0.406 e. The number of hydrogen-bond acceptors (Lipinski definition) is 1. The summed E-state index contributed by atoms with van der Waals surface area (Å²) in [6.07, 6.45) is -3.05. The van der Waals surface area contributed by atoms with Crippen LogP contribution in [0.3, 0.4) is 0 Å². The Hall–Kier alpha value is -0.260. The molecule has 1 rings (SSSR count). The number of hydrogen-bond donors (Lipinski definition) is 0. The van der Waals surface area contributed by atoms with E-state index in [1.165, 1.54) is 0 Å². The van der Waals surface area contributed by atoms with Gasteiger partial charge in [-0.2, -0.15) is 13.2 Å². The van der Waals surface area contributed by atoms with E-state index in [4.69, 9.17) is 0 Å². The third kappa shape index (κ3) is 3.17. The summed E-state index contributed by atoms with van der Waals surface area (Å²) >= 11 is 3.04. The molecule has 0 aromatic rings. The third-order valence-electron chi connectivity index (χ3n) is 1.84. The van der Waals surface area contributed by atoms with Gasteiger partial charge in [0.25, 0.3) is 0 Å². The molecule has 0 N–H and O–H groups in total. The van der Waals surface area contributed by atoms with Crippen LogP contribution in [0.25, 0.3) is 0 Å². The van der Waals surface area contributed by atoms with Crippen molar-refractivity contribution in [1.82, 2.24) is 4.90 Å². The lowest BCUT2D eigenvalue weighted by Gasteiger charge is -2.30. The van der Waals surface area contributed by atoms with Crippen molar-refractivity contribution in [3.63, 3.8) is 0 Å². The Morgan fingerprint density at radius 2 is 2.15 bits per heavy atom. The summed E-state index contributed by atoms with van der Waals surface area (Å²) < 4.78 is 35.8. The van der Waals surface area contributed by atoms with Gasteiger partial charge in [-0.1, -0.05) is 15.9 Å². The molecule has 1 atom stereocenters. The lowest BCUT2D eigenvalue weighted by molar-refractivity contribution is -0.162. The third-order valence-corrected chi connectivity index (χ3v) is 2.68. The van der Waals surface area contributed by atoms with Crippen LogP contribution >= 0.6 is 15.9 Å². The van der Waals surface area contributed by atoms with Gasteiger partial charge < -0.3 is 4.90 Å². The van der Waals surface area contributed by atoms with Gasteiger partial charge in [-0.15, -0.1) is 0 Å². The Balaban J connectivity index is 2.54. The highest BCUT2D eigenvalue weighted by Gasteiger charge is 2.36. The molecule has 1 amide bonds. The number of piperidine rings is 1. The molecule has 1 unspecified atom stereocenters. The van der Waals surface area contributed by atoms with Gasteiger partial charge in [-0.25, -0.2) is 0 Å². The molecule has 76 valence electrons. The highest BCUT2D eigenvalue weighted by Crippen LogP contribution is 2.23. The zero-order chi connectivity index (χ0) is 10.1. The van der Waals surface area contributed by atoms with Crippen LogP contribution in [0, 0.1) is 0 Å².